The lowest BCUT2D eigenvalue weighted by Crippen LogP contribution is -2.30. The van der Waals surface area contributed by atoms with Gasteiger partial charge in [0, 0.05) is 17.5 Å². The molecule has 106 valence electrons. The maximum absolute atomic E-state index is 12.7. The Balaban J connectivity index is 2.41. The highest BCUT2D eigenvalue weighted by Crippen LogP contribution is 2.28. The zero-order chi connectivity index (χ0) is 14.9. The molecule has 0 fully saturated rings. The molecule has 1 N–H and O–H groups in total. The molecular formula is C16H19NO2S. The van der Waals surface area contributed by atoms with E-state index < -0.39 is 0 Å². The molecule has 0 aliphatic carbocycles. The lowest BCUT2D eigenvalue weighted by atomic mass is 10.1. The van der Waals surface area contributed by atoms with Crippen molar-refractivity contribution in [3.05, 3.63) is 45.1 Å². The van der Waals surface area contributed by atoms with Crippen LogP contribution in [0, 0.1) is 20.8 Å². The van der Waals surface area contributed by atoms with Gasteiger partial charge in [-0.3, -0.25) is 4.79 Å². The number of nitrogens with zero attached hydrogens (tertiary/aromatic N) is 1. The van der Waals surface area contributed by atoms with Crippen molar-refractivity contribution < 1.29 is 9.90 Å². The molecular weight excluding hydrogens is 270 g/mol. The van der Waals surface area contributed by atoms with E-state index >= 15 is 0 Å². The van der Waals surface area contributed by atoms with Gasteiger partial charge in [-0.2, -0.15) is 0 Å². The molecule has 0 saturated carbocycles. The minimum absolute atomic E-state index is 0.0117. The van der Waals surface area contributed by atoms with Crippen LogP contribution in [0.5, 0.6) is 5.75 Å². The van der Waals surface area contributed by atoms with Gasteiger partial charge in [0.15, 0.2) is 0 Å². The van der Waals surface area contributed by atoms with Crippen molar-refractivity contribution in [3.63, 3.8) is 0 Å². The Morgan fingerprint density at radius 3 is 2.45 bits per heavy atom. The van der Waals surface area contributed by atoms with Gasteiger partial charge < -0.3 is 10.0 Å². The fraction of sp³-hybridized carbons (Fsp3) is 0.312. The number of amides is 1. The average molecular weight is 289 g/mol. The summed E-state index contributed by atoms with van der Waals surface area (Å²) in [6.07, 6.45) is 0. The normalized spacial score (nSPS) is 10.6. The van der Waals surface area contributed by atoms with Crippen LogP contribution in [0.2, 0.25) is 0 Å². The van der Waals surface area contributed by atoms with Crippen molar-refractivity contribution in [2.45, 2.75) is 27.7 Å². The smallest absolute Gasteiger partial charge is 0.268 e. The van der Waals surface area contributed by atoms with Crippen LogP contribution in [0.3, 0.4) is 0 Å². The van der Waals surface area contributed by atoms with Gasteiger partial charge in [0.25, 0.3) is 5.91 Å². The average Bonchev–Trinajstić information content (AvgIpc) is 2.74. The SMILES string of the molecule is CCN(C(=O)c1cc(C)c(C)s1)c1cc(O)ccc1C. The number of hydrogen-bond acceptors (Lipinski definition) is 3. The number of anilines is 1. The number of rotatable bonds is 3. The van der Waals surface area contributed by atoms with Gasteiger partial charge in [0.2, 0.25) is 0 Å². The minimum atomic E-state index is -0.0117. The molecule has 20 heavy (non-hydrogen) atoms. The summed E-state index contributed by atoms with van der Waals surface area (Å²) in [5, 5.41) is 9.65. The number of carbonyl (C=O) groups excluding carboxylic acids is 1. The fourth-order valence-corrected chi connectivity index (χ4v) is 3.11. The number of aromatic hydroxyl groups is 1. The third-order valence-electron chi connectivity index (χ3n) is 3.42. The van der Waals surface area contributed by atoms with Crippen LogP contribution < -0.4 is 4.90 Å². The Labute approximate surface area is 123 Å². The quantitative estimate of drug-likeness (QED) is 0.926. The zero-order valence-electron chi connectivity index (χ0n) is 12.2. The lowest BCUT2D eigenvalue weighted by molar-refractivity contribution is 0.0992. The standard InChI is InChI=1S/C16H19NO2S/c1-5-17(14-9-13(18)7-6-10(14)2)16(19)15-8-11(3)12(4)20-15/h6-9,18H,5H2,1-4H3. The summed E-state index contributed by atoms with van der Waals surface area (Å²) in [5.74, 6) is 0.165. The molecule has 0 radical (unpaired) electrons. The molecule has 2 aromatic rings. The second kappa shape index (κ2) is 5.67. The van der Waals surface area contributed by atoms with E-state index in [0.717, 1.165) is 26.6 Å². The van der Waals surface area contributed by atoms with E-state index in [9.17, 15) is 9.90 Å². The molecule has 0 aliphatic heterocycles. The predicted molar refractivity (Wildman–Crippen MR) is 84.0 cm³/mol. The number of carbonyl (C=O) groups is 1. The predicted octanol–water partition coefficient (Wildman–Crippen LogP) is 4.05. The summed E-state index contributed by atoms with van der Waals surface area (Å²) in [4.78, 5) is 16.3. The van der Waals surface area contributed by atoms with E-state index in [-0.39, 0.29) is 11.7 Å². The molecule has 3 nitrogen and oxygen atoms in total. The van der Waals surface area contributed by atoms with Gasteiger partial charge in [-0.15, -0.1) is 11.3 Å². The zero-order valence-corrected chi connectivity index (χ0v) is 13.0. The fourth-order valence-electron chi connectivity index (χ4n) is 2.12. The molecule has 4 heteroatoms. The molecule has 0 spiro atoms. The maximum Gasteiger partial charge on any atom is 0.268 e. The monoisotopic (exact) mass is 289 g/mol. The Morgan fingerprint density at radius 2 is 1.90 bits per heavy atom. The van der Waals surface area contributed by atoms with Crippen molar-refractivity contribution in [2.24, 2.45) is 0 Å². The number of hydrogen-bond donors (Lipinski definition) is 1. The van der Waals surface area contributed by atoms with Crippen LogP contribution in [-0.2, 0) is 0 Å². The van der Waals surface area contributed by atoms with Gasteiger partial charge in [0.1, 0.15) is 5.75 Å². The largest absolute Gasteiger partial charge is 0.508 e. The molecule has 1 aromatic carbocycles. The second-order valence-electron chi connectivity index (χ2n) is 4.87. The summed E-state index contributed by atoms with van der Waals surface area (Å²) < 4.78 is 0. The van der Waals surface area contributed by atoms with Crippen LogP contribution in [0.4, 0.5) is 5.69 Å². The number of phenols is 1. The first kappa shape index (κ1) is 14.6. The second-order valence-corrected chi connectivity index (χ2v) is 6.13. The van der Waals surface area contributed by atoms with Crippen LogP contribution >= 0.6 is 11.3 Å². The summed E-state index contributed by atoms with van der Waals surface area (Å²) in [7, 11) is 0. The molecule has 0 bridgehead atoms. The molecule has 0 atom stereocenters. The van der Waals surface area contributed by atoms with Crippen molar-refractivity contribution in [3.8, 4) is 5.75 Å². The van der Waals surface area contributed by atoms with Crippen LogP contribution in [0.1, 0.15) is 32.6 Å². The van der Waals surface area contributed by atoms with Gasteiger partial charge in [-0.25, -0.2) is 0 Å². The van der Waals surface area contributed by atoms with E-state index in [1.807, 2.05) is 39.8 Å². The Hall–Kier alpha value is -1.81. The summed E-state index contributed by atoms with van der Waals surface area (Å²) in [6.45, 7) is 8.48. The first-order valence-electron chi connectivity index (χ1n) is 6.62. The van der Waals surface area contributed by atoms with Crippen molar-refractivity contribution in [2.75, 3.05) is 11.4 Å². The van der Waals surface area contributed by atoms with Crippen molar-refractivity contribution in [1.29, 1.82) is 0 Å². The number of benzene rings is 1. The van der Waals surface area contributed by atoms with Crippen molar-refractivity contribution >= 4 is 22.9 Å². The number of aryl methyl sites for hydroxylation is 3. The van der Waals surface area contributed by atoms with Gasteiger partial charge >= 0.3 is 0 Å². The van der Waals surface area contributed by atoms with E-state index in [1.165, 1.54) is 11.3 Å². The first-order chi connectivity index (χ1) is 9.43. The highest BCUT2D eigenvalue weighted by atomic mass is 32.1. The number of thiophene rings is 1. The number of phenolic OH excluding ortho intramolecular Hbond substituents is 1. The molecule has 0 saturated heterocycles. The highest BCUT2D eigenvalue weighted by Gasteiger charge is 2.20. The van der Waals surface area contributed by atoms with Gasteiger partial charge in [-0.1, -0.05) is 6.07 Å². The van der Waals surface area contributed by atoms with E-state index in [4.69, 9.17) is 0 Å². The van der Waals surface area contributed by atoms with Gasteiger partial charge in [-0.05, 0) is 51.0 Å². The molecule has 2 rings (SSSR count). The van der Waals surface area contributed by atoms with Crippen LogP contribution in [0.15, 0.2) is 24.3 Å². The topological polar surface area (TPSA) is 40.5 Å². The Kier molecular flexibility index (Phi) is 4.14. The van der Waals surface area contributed by atoms with Crippen molar-refractivity contribution in [1.82, 2.24) is 0 Å². The van der Waals surface area contributed by atoms with Gasteiger partial charge in [0.05, 0.1) is 10.6 Å². The maximum atomic E-state index is 12.7. The van der Waals surface area contributed by atoms with Crippen LogP contribution in [-0.4, -0.2) is 17.6 Å². The lowest BCUT2D eigenvalue weighted by Gasteiger charge is -2.22. The van der Waals surface area contributed by atoms with E-state index in [0.29, 0.717) is 6.54 Å². The highest BCUT2D eigenvalue weighted by molar-refractivity contribution is 7.14. The first-order valence-corrected chi connectivity index (χ1v) is 7.44. The molecule has 1 heterocycles. The minimum Gasteiger partial charge on any atom is -0.508 e. The summed E-state index contributed by atoms with van der Waals surface area (Å²) >= 11 is 1.52. The van der Waals surface area contributed by atoms with E-state index in [1.54, 1.807) is 17.0 Å². The Bertz CT molecular complexity index is 626. The molecule has 1 amide bonds. The Morgan fingerprint density at radius 1 is 1.20 bits per heavy atom. The summed E-state index contributed by atoms with van der Waals surface area (Å²) in [6, 6.07) is 7.04. The molecule has 1 aromatic heterocycles. The summed E-state index contributed by atoms with van der Waals surface area (Å²) in [5.41, 5.74) is 2.88. The molecule has 0 unspecified atom stereocenters. The van der Waals surface area contributed by atoms with Crippen LogP contribution in [0.25, 0.3) is 0 Å². The van der Waals surface area contributed by atoms with E-state index in [2.05, 4.69) is 0 Å². The molecule has 0 aliphatic rings. The third-order valence-corrected chi connectivity index (χ3v) is 4.56. The third kappa shape index (κ3) is 2.70.